The summed E-state index contributed by atoms with van der Waals surface area (Å²) in [7, 11) is 3.48. The molecule has 0 spiro atoms. The molecule has 0 bridgehead atoms. The van der Waals surface area contributed by atoms with E-state index < -0.39 is 0 Å². The second kappa shape index (κ2) is 3.72. The molecule has 0 aliphatic rings. The fourth-order valence-corrected chi connectivity index (χ4v) is 1.93. The minimum absolute atomic E-state index is 0.460. The monoisotopic (exact) mass is 225 g/mol. The number of ether oxygens (including phenoxy) is 1. The zero-order valence-corrected chi connectivity index (χ0v) is 9.38. The maximum absolute atomic E-state index is 6.24. The van der Waals surface area contributed by atoms with Crippen molar-refractivity contribution in [3.63, 3.8) is 0 Å². The van der Waals surface area contributed by atoms with Crippen LogP contribution >= 0.6 is 11.6 Å². The Morgan fingerprint density at radius 3 is 2.93 bits per heavy atom. The molecule has 0 unspecified atom stereocenters. The van der Waals surface area contributed by atoms with Crippen LogP contribution in [-0.4, -0.2) is 16.7 Å². The lowest BCUT2D eigenvalue weighted by molar-refractivity contribution is 0.185. The zero-order chi connectivity index (χ0) is 11.0. The first kappa shape index (κ1) is 10.3. The van der Waals surface area contributed by atoms with Gasteiger partial charge in [0, 0.05) is 14.2 Å². The smallest absolute Gasteiger partial charge is 0.200 e. The van der Waals surface area contributed by atoms with Crippen molar-refractivity contribution in [2.75, 3.05) is 12.8 Å². The van der Waals surface area contributed by atoms with Crippen molar-refractivity contribution in [1.29, 1.82) is 0 Å². The molecule has 0 fully saturated rings. The number of hydrogen-bond donors (Lipinski definition) is 1. The molecule has 0 radical (unpaired) electrons. The standard InChI is InChI=1S/C10H12ClN3O/c1-14-9-7(13-10(14)12)4-3-6(5-15-2)8(9)11/h3-4H,5H2,1-2H3,(H2,12,13). The van der Waals surface area contributed by atoms with E-state index in [1.165, 1.54) is 0 Å². The molecule has 0 amide bonds. The number of methoxy groups -OCH3 is 1. The van der Waals surface area contributed by atoms with Gasteiger partial charge in [0.15, 0.2) is 0 Å². The second-order valence-electron chi connectivity index (χ2n) is 3.37. The minimum Gasteiger partial charge on any atom is -0.380 e. The lowest BCUT2D eigenvalue weighted by Crippen LogP contribution is -1.97. The Labute approximate surface area is 92.6 Å². The molecule has 0 saturated carbocycles. The van der Waals surface area contributed by atoms with Crippen LogP contribution in [-0.2, 0) is 18.4 Å². The summed E-state index contributed by atoms with van der Waals surface area (Å²) in [6.07, 6.45) is 0. The van der Waals surface area contributed by atoms with E-state index in [0.717, 1.165) is 16.6 Å². The van der Waals surface area contributed by atoms with Gasteiger partial charge in [0.1, 0.15) is 0 Å². The van der Waals surface area contributed by atoms with Crippen molar-refractivity contribution >= 4 is 28.6 Å². The molecule has 0 aliphatic carbocycles. The number of aromatic nitrogens is 2. The van der Waals surface area contributed by atoms with Crippen molar-refractivity contribution in [2.24, 2.45) is 7.05 Å². The number of aryl methyl sites for hydroxylation is 1. The Morgan fingerprint density at radius 1 is 1.53 bits per heavy atom. The van der Waals surface area contributed by atoms with Gasteiger partial charge in [-0.05, 0) is 11.6 Å². The van der Waals surface area contributed by atoms with E-state index in [2.05, 4.69) is 4.98 Å². The Kier molecular flexibility index (Phi) is 2.54. The van der Waals surface area contributed by atoms with Gasteiger partial charge in [-0.2, -0.15) is 0 Å². The van der Waals surface area contributed by atoms with Crippen molar-refractivity contribution in [1.82, 2.24) is 9.55 Å². The van der Waals surface area contributed by atoms with Crippen LogP contribution in [0.5, 0.6) is 0 Å². The molecule has 0 aliphatic heterocycles. The van der Waals surface area contributed by atoms with Gasteiger partial charge in [0.05, 0.1) is 22.7 Å². The molecule has 0 saturated heterocycles. The first-order chi connectivity index (χ1) is 7.15. The molecule has 0 atom stereocenters. The van der Waals surface area contributed by atoms with E-state index in [0.29, 0.717) is 17.6 Å². The normalized spacial score (nSPS) is 11.1. The predicted octanol–water partition coefficient (Wildman–Crippen LogP) is 1.96. The van der Waals surface area contributed by atoms with Gasteiger partial charge in [0.2, 0.25) is 5.95 Å². The number of nitrogens with two attached hydrogens (primary N) is 1. The molecule has 80 valence electrons. The Bertz CT molecular complexity index is 507. The average Bonchev–Trinajstić information content (AvgIpc) is 2.49. The van der Waals surface area contributed by atoms with Crippen LogP contribution in [0.2, 0.25) is 5.02 Å². The molecule has 15 heavy (non-hydrogen) atoms. The average molecular weight is 226 g/mol. The molecular formula is C10H12ClN3O. The third-order valence-corrected chi connectivity index (χ3v) is 2.81. The van der Waals surface area contributed by atoms with Gasteiger partial charge in [-0.25, -0.2) is 4.98 Å². The van der Waals surface area contributed by atoms with Crippen LogP contribution in [0.15, 0.2) is 12.1 Å². The summed E-state index contributed by atoms with van der Waals surface area (Å²) in [5, 5.41) is 0.654. The predicted molar refractivity (Wildman–Crippen MR) is 60.8 cm³/mol. The van der Waals surface area contributed by atoms with Gasteiger partial charge >= 0.3 is 0 Å². The van der Waals surface area contributed by atoms with E-state index >= 15 is 0 Å². The minimum atomic E-state index is 0.460. The zero-order valence-electron chi connectivity index (χ0n) is 8.62. The first-order valence-electron chi connectivity index (χ1n) is 4.53. The number of rotatable bonds is 2. The van der Waals surface area contributed by atoms with Crippen LogP contribution in [0, 0.1) is 0 Å². The summed E-state index contributed by atoms with van der Waals surface area (Å²) < 4.78 is 6.83. The lowest BCUT2D eigenvalue weighted by Gasteiger charge is -2.05. The van der Waals surface area contributed by atoms with Crippen LogP contribution in [0.1, 0.15) is 5.56 Å². The van der Waals surface area contributed by atoms with Crippen molar-refractivity contribution in [3.8, 4) is 0 Å². The lowest BCUT2D eigenvalue weighted by atomic mass is 10.2. The number of nitrogens with zero attached hydrogens (tertiary/aromatic N) is 2. The van der Waals surface area contributed by atoms with Crippen LogP contribution in [0.25, 0.3) is 11.0 Å². The third-order valence-electron chi connectivity index (χ3n) is 2.39. The summed E-state index contributed by atoms with van der Waals surface area (Å²) in [5.41, 5.74) is 8.30. The molecule has 2 aromatic rings. The van der Waals surface area contributed by atoms with Crippen molar-refractivity contribution < 1.29 is 4.74 Å². The molecule has 1 aromatic heterocycles. The number of benzene rings is 1. The van der Waals surface area contributed by atoms with Gasteiger partial charge in [-0.1, -0.05) is 17.7 Å². The molecule has 2 N–H and O–H groups in total. The van der Waals surface area contributed by atoms with Crippen LogP contribution in [0.4, 0.5) is 5.95 Å². The Balaban J connectivity index is 2.71. The summed E-state index contributed by atoms with van der Waals surface area (Å²) in [6.45, 7) is 0.486. The highest BCUT2D eigenvalue weighted by atomic mass is 35.5. The maximum atomic E-state index is 6.24. The molecule has 1 aromatic carbocycles. The number of anilines is 1. The van der Waals surface area contributed by atoms with Crippen LogP contribution < -0.4 is 5.73 Å². The number of halogens is 1. The molecule has 4 nitrogen and oxygen atoms in total. The molecular weight excluding hydrogens is 214 g/mol. The van der Waals surface area contributed by atoms with Crippen LogP contribution in [0.3, 0.4) is 0 Å². The highest BCUT2D eigenvalue weighted by molar-refractivity contribution is 6.35. The van der Waals surface area contributed by atoms with E-state index in [4.69, 9.17) is 22.1 Å². The Morgan fingerprint density at radius 2 is 2.27 bits per heavy atom. The fourth-order valence-electron chi connectivity index (χ4n) is 1.59. The summed E-state index contributed by atoms with van der Waals surface area (Å²) in [6, 6.07) is 3.80. The Hall–Kier alpha value is -1.26. The summed E-state index contributed by atoms with van der Waals surface area (Å²) in [4.78, 5) is 4.19. The number of fused-ring (bicyclic) bond motifs is 1. The van der Waals surface area contributed by atoms with Gasteiger partial charge in [-0.15, -0.1) is 0 Å². The number of imidazole rings is 1. The van der Waals surface area contributed by atoms with Gasteiger partial charge in [0.25, 0.3) is 0 Å². The molecule has 5 heteroatoms. The fraction of sp³-hybridized carbons (Fsp3) is 0.300. The summed E-state index contributed by atoms with van der Waals surface area (Å²) >= 11 is 6.24. The molecule has 2 rings (SSSR count). The third kappa shape index (κ3) is 1.56. The van der Waals surface area contributed by atoms with Crippen molar-refractivity contribution in [2.45, 2.75) is 6.61 Å². The molecule has 1 heterocycles. The largest absolute Gasteiger partial charge is 0.380 e. The van der Waals surface area contributed by atoms with Gasteiger partial charge in [-0.3, -0.25) is 0 Å². The number of nitrogen functional groups attached to an aromatic ring is 1. The van der Waals surface area contributed by atoms with Gasteiger partial charge < -0.3 is 15.0 Å². The van der Waals surface area contributed by atoms with Crippen molar-refractivity contribution in [3.05, 3.63) is 22.7 Å². The second-order valence-corrected chi connectivity index (χ2v) is 3.75. The number of hydrogen-bond acceptors (Lipinski definition) is 3. The van der Waals surface area contributed by atoms with E-state index in [-0.39, 0.29) is 0 Å². The highest BCUT2D eigenvalue weighted by Gasteiger charge is 2.11. The van der Waals surface area contributed by atoms with E-state index in [9.17, 15) is 0 Å². The summed E-state index contributed by atoms with van der Waals surface area (Å²) in [5.74, 6) is 0.460. The quantitative estimate of drug-likeness (QED) is 0.850. The maximum Gasteiger partial charge on any atom is 0.200 e. The SMILES string of the molecule is COCc1ccc2nc(N)n(C)c2c1Cl. The van der Waals surface area contributed by atoms with E-state index in [1.54, 1.807) is 11.7 Å². The highest BCUT2D eigenvalue weighted by Crippen LogP contribution is 2.28. The van der Waals surface area contributed by atoms with E-state index in [1.807, 2.05) is 19.2 Å². The first-order valence-corrected chi connectivity index (χ1v) is 4.91. The topological polar surface area (TPSA) is 53.1 Å².